The van der Waals surface area contributed by atoms with Gasteiger partial charge in [0.25, 0.3) is 0 Å². The van der Waals surface area contributed by atoms with Crippen molar-refractivity contribution in [1.29, 1.82) is 0 Å². The predicted octanol–water partition coefficient (Wildman–Crippen LogP) is 2.88. The highest BCUT2D eigenvalue weighted by Crippen LogP contribution is 2.36. The van der Waals surface area contributed by atoms with Crippen LogP contribution in [0.3, 0.4) is 0 Å². The number of aliphatic hydroxyl groups is 1. The Morgan fingerprint density at radius 1 is 1.10 bits per heavy atom. The first kappa shape index (κ1) is 15.6. The van der Waals surface area contributed by atoms with E-state index in [9.17, 15) is 0 Å². The third kappa shape index (κ3) is 3.88. The molecule has 0 aromatic heterocycles. The van der Waals surface area contributed by atoms with E-state index in [1.54, 1.807) is 13.2 Å². The maximum absolute atomic E-state index is 9.02. The van der Waals surface area contributed by atoms with Gasteiger partial charge in [0.15, 0.2) is 11.5 Å². The van der Waals surface area contributed by atoms with E-state index in [0.717, 1.165) is 16.7 Å². The van der Waals surface area contributed by atoms with E-state index < -0.39 is 0 Å². The third-order valence-electron chi connectivity index (χ3n) is 3.11. The summed E-state index contributed by atoms with van der Waals surface area (Å²) >= 11 is 6.21. The van der Waals surface area contributed by atoms with E-state index in [2.05, 4.69) is 0 Å². The number of methoxy groups -OCH3 is 1. The molecule has 0 amide bonds. The van der Waals surface area contributed by atoms with Gasteiger partial charge in [0.05, 0.1) is 18.7 Å². The Hall–Kier alpha value is -1.75. The van der Waals surface area contributed by atoms with Gasteiger partial charge in [-0.05, 0) is 28.8 Å². The van der Waals surface area contributed by atoms with Crippen LogP contribution in [0.1, 0.15) is 16.7 Å². The summed E-state index contributed by atoms with van der Waals surface area (Å²) in [4.78, 5) is 0. The fraction of sp³-hybridized carbons (Fsp3) is 0.250. The lowest BCUT2D eigenvalue weighted by atomic mass is 10.1. The molecule has 0 atom stereocenters. The lowest BCUT2D eigenvalue weighted by molar-refractivity contribution is 0.279. The van der Waals surface area contributed by atoms with Crippen molar-refractivity contribution < 1.29 is 14.6 Å². The standard InChI is InChI=1S/C16H18ClNO3/c1-20-15-7-13(8-18)6-14(17)16(15)21-10-12-4-2-11(9-19)3-5-12/h2-7,19H,8-10,18H2,1H3. The van der Waals surface area contributed by atoms with E-state index in [1.807, 2.05) is 30.3 Å². The predicted molar refractivity (Wildman–Crippen MR) is 82.6 cm³/mol. The molecule has 0 bridgehead atoms. The first-order valence-electron chi connectivity index (χ1n) is 6.56. The highest BCUT2D eigenvalue weighted by Gasteiger charge is 2.11. The lowest BCUT2D eigenvalue weighted by Crippen LogP contribution is -2.02. The number of halogens is 1. The molecule has 0 unspecified atom stereocenters. The third-order valence-corrected chi connectivity index (χ3v) is 3.39. The minimum atomic E-state index is 0.0291. The molecule has 4 nitrogen and oxygen atoms in total. The maximum atomic E-state index is 9.02. The van der Waals surface area contributed by atoms with Crippen molar-refractivity contribution in [1.82, 2.24) is 0 Å². The first-order chi connectivity index (χ1) is 10.2. The van der Waals surface area contributed by atoms with Crippen LogP contribution in [-0.4, -0.2) is 12.2 Å². The molecule has 112 valence electrons. The van der Waals surface area contributed by atoms with Crippen LogP contribution >= 0.6 is 11.6 Å². The van der Waals surface area contributed by atoms with Crippen molar-refractivity contribution in [2.75, 3.05) is 7.11 Å². The number of ether oxygens (including phenoxy) is 2. The van der Waals surface area contributed by atoms with E-state index in [0.29, 0.717) is 29.7 Å². The van der Waals surface area contributed by atoms with E-state index in [-0.39, 0.29) is 6.61 Å². The Morgan fingerprint density at radius 2 is 1.76 bits per heavy atom. The van der Waals surface area contributed by atoms with Crippen LogP contribution in [0.2, 0.25) is 5.02 Å². The normalized spacial score (nSPS) is 10.5. The van der Waals surface area contributed by atoms with Crippen LogP contribution in [0, 0.1) is 0 Å². The Morgan fingerprint density at radius 3 is 2.33 bits per heavy atom. The van der Waals surface area contributed by atoms with Gasteiger partial charge >= 0.3 is 0 Å². The summed E-state index contributed by atoms with van der Waals surface area (Å²) in [5, 5.41) is 9.49. The summed E-state index contributed by atoms with van der Waals surface area (Å²) in [5.74, 6) is 1.07. The van der Waals surface area contributed by atoms with Crippen LogP contribution in [-0.2, 0) is 19.8 Å². The fourth-order valence-corrected chi connectivity index (χ4v) is 2.22. The fourth-order valence-electron chi connectivity index (χ4n) is 1.93. The summed E-state index contributed by atoms with van der Waals surface area (Å²) in [6.45, 7) is 0.782. The topological polar surface area (TPSA) is 64.7 Å². The Bertz CT molecular complexity index is 599. The Balaban J connectivity index is 2.15. The molecule has 2 aromatic rings. The summed E-state index contributed by atoms with van der Waals surface area (Å²) in [6.07, 6.45) is 0. The zero-order chi connectivity index (χ0) is 15.2. The molecular weight excluding hydrogens is 290 g/mol. The zero-order valence-corrected chi connectivity index (χ0v) is 12.6. The molecule has 0 aliphatic rings. The number of aliphatic hydroxyl groups excluding tert-OH is 1. The Labute approximate surface area is 129 Å². The van der Waals surface area contributed by atoms with Gasteiger partial charge in [-0.3, -0.25) is 0 Å². The van der Waals surface area contributed by atoms with Crippen molar-refractivity contribution in [2.45, 2.75) is 19.8 Å². The highest BCUT2D eigenvalue weighted by atomic mass is 35.5. The van der Waals surface area contributed by atoms with Gasteiger partial charge in [-0.15, -0.1) is 0 Å². The molecule has 5 heteroatoms. The van der Waals surface area contributed by atoms with Gasteiger partial charge in [0.1, 0.15) is 6.61 Å². The molecule has 0 saturated carbocycles. The van der Waals surface area contributed by atoms with Gasteiger partial charge in [0, 0.05) is 6.54 Å². The average Bonchev–Trinajstić information content (AvgIpc) is 2.53. The Kier molecular flexibility index (Phi) is 5.44. The molecular formula is C16H18ClNO3. The van der Waals surface area contributed by atoms with Crippen LogP contribution < -0.4 is 15.2 Å². The van der Waals surface area contributed by atoms with Crippen molar-refractivity contribution >= 4 is 11.6 Å². The minimum Gasteiger partial charge on any atom is -0.493 e. The second-order valence-corrected chi connectivity index (χ2v) is 4.98. The van der Waals surface area contributed by atoms with Crippen molar-refractivity contribution in [2.24, 2.45) is 5.73 Å². The van der Waals surface area contributed by atoms with E-state index >= 15 is 0 Å². The quantitative estimate of drug-likeness (QED) is 0.861. The van der Waals surface area contributed by atoms with Crippen LogP contribution in [0.15, 0.2) is 36.4 Å². The van der Waals surface area contributed by atoms with Crippen molar-refractivity contribution in [3.05, 3.63) is 58.1 Å². The van der Waals surface area contributed by atoms with Gasteiger partial charge in [-0.25, -0.2) is 0 Å². The molecule has 0 saturated heterocycles. The summed E-state index contributed by atoms with van der Waals surface area (Å²) in [5.41, 5.74) is 8.34. The van der Waals surface area contributed by atoms with Crippen molar-refractivity contribution in [3.63, 3.8) is 0 Å². The highest BCUT2D eigenvalue weighted by molar-refractivity contribution is 6.32. The van der Waals surface area contributed by atoms with Crippen LogP contribution in [0.25, 0.3) is 0 Å². The molecule has 21 heavy (non-hydrogen) atoms. The van der Waals surface area contributed by atoms with Gasteiger partial charge in [-0.2, -0.15) is 0 Å². The minimum absolute atomic E-state index is 0.0291. The number of rotatable bonds is 6. The lowest BCUT2D eigenvalue weighted by Gasteiger charge is -2.14. The van der Waals surface area contributed by atoms with Gasteiger partial charge < -0.3 is 20.3 Å². The molecule has 0 aliphatic carbocycles. The largest absolute Gasteiger partial charge is 0.493 e. The molecule has 2 rings (SSSR count). The molecule has 2 aromatic carbocycles. The van der Waals surface area contributed by atoms with E-state index in [1.165, 1.54) is 0 Å². The van der Waals surface area contributed by atoms with Gasteiger partial charge in [0.2, 0.25) is 0 Å². The first-order valence-corrected chi connectivity index (χ1v) is 6.93. The molecule has 0 fully saturated rings. The zero-order valence-electron chi connectivity index (χ0n) is 11.8. The van der Waals surface area contributed by atoms with Gasteiger partial charge in [-0.1, -0.05) is 35.9 Å². The molecule has 0 heterocycles. The summed E-state index contributed by atoms with van der Waals surface area (Å²) < 4.78 is 11.1. The monoisotopic (exact) mass is 307 g/mol. The average molecular weight is 308 g/mol. The second-order valence-electron chi connectivity index (χ2n) is 4.58. The number of hydrogen-bond donors (Lipinski definition) is 2. The second kappa shape index (κ2) is 7.31. The van der Waals surface area contributed by atoms with Crippen LogP contribution in [0.5, 0.6) is 11.5 Å². The maximum Gasteiger partial charge on any atom is 0.180 e. The summed E-state index contributed by atoms with van der Waals surface area (Å²) in [7, 11) is 1.56. The SMILES string of the molecule is COc1cc(CN)cc(Cl)c1OCc1ccc(CO)cc1. The smallest absolute Gasteiger partial charge is 0.180 e. The number of nitrogens with two attached hydrogens (primary N) is 1. The van der Waals surface area contributed by atoms with Crippen LogP contribution in [0.4, 0.5) is 0 Å². The molecule has 0 spiro atoms. The van der Waals surface area contributed by atoms with E-state index in [4.69, 9.17) is 31.9 Å². The molecule has 0 aliphatic heterocycles. The number of hydrogen-bond acceptors (Lipinski definition) is 4. The molecule has 0 radical (unpaired) electrons. The number of benzene rings is 2. The summed E-state index contributed by atoms with van der Waals surface area (Å²) in [6, 6.07) is 11.1. The van der Waals surface area contributed by atoms with Crippen molar-refractivity contribution in [3.8, 4) is 11.5 Å². The molecule has 3 N–H and O–H groups in total.